The molecule has 1 atom stereocenters. The minimum Gasteiger partial charge on any atom is -0.490 e. The van der Waals surface area contributed by atoms with Crippen LogP contribution in [0, 0.1) is 11.3 Å². The number of benzene rings is 1. The number of hydrogen-bond donors (Lipinski definition) is 1. The van der Waals surface area contributed by atoms with Gasteiger partial charge in [-0.3, -0.25) is 9.69 Å². The smallest absolute Gasteiger partial charge is 0.219 e. The third kappa shape index (κ3) is 5.95. The fourth-order valence-electron chi connectivity index (χ4n) is 4.90. The van der Waals surface area contributed by atoms with Gasteiger partial charge >= 0.3 is 0 Å². The fraction of sp³-hybridized carbons (Fsp3) is 0.708. The van der Waals surface area contributed by atoms with E-state index >= 15 is 0 Å². The average molecular weight is 403 g/mol. The van der Waals surface area contributed by atoms with Gasteiger partial charge in [-0.1, -0.05) is 39.0 Å². The number of carbonyl (C=O) groups is 1. The first-order chi connectivity index (χ1) is 13.7. The Kier molecular flexibility index (Phi) is 6.90. The van der Waals surface area contributed by atoms with Crippen molar-refractivity contribution in [2.24, 2.45) is 11.3 Å². The van der Waals surface area contributed by atoms with Crippen LogP contribution in [-0.2, 0) is 4.79 Å². The third-order valence-electron chi connectivity index (χ3n) is 6.77. The summed E-state index contributed by atoms with van der Waals surface area (Å²) in [7, 11) is 0. The van der Waals surface area contributed by atoms with Crippen LogP contribution in [0.3, 0.4) is 0 Å². The van der Waals surface area contributed by atoms with Crippen LogP contribution in [-0.4, -0.2) is 65.2 Å². The predicted molar refractivity (Wildman–Crippen MR) is 116 cm³/mol. The molecule has 1 N–H and O–H groups in total. The lowest BCUT2D eigenvalue weighted by Crippen LogP contribution is -2.53. The SMILES string of the molecule is CC(=O)N1CCN(C2CCC(C(C)(C)C)CC2)C[C@](O)(COc2ccccc2)C1. The molecule has 162 valence electrons. The van der Waals surface area contributed by atoms with Gasteiger partial charge in [0.2, 0.25) is 5.91 Å². The third-order valence-corrected chi connectivity index (χ3v) is 6.77. The zero-order chi connectivity index (χ0) is 21.1. The molecule has 1 aliphatic heterocycles. The first-order valence-electron chi connectivity index (χ1n) is 11.1. The summed E-state index contributed by atoms with van der Waals surface area (Å²) in [6.45, 7) is 11.2. The summed E-state index contributed by atoms with van der Waals surface area (Å²) in [5, 5.41) is 11.5. The Morgan fingerprint density at radius 1 is 1.10 bits per heavy atom. The molecular weight excluding hydrogens is 364 g/mol. The highest BCUT2D eigenvalue weighted by molar-refractivity contribution is 5.73. The maximum atomic E-state index is 12.1. The molecule has 5 heteroatoms. The van der Waals surface area contributed by atoms with Crippen molar-refractivity contribution in [1.29, 1.82) is 0 Å². The molecule has 1 aliphatic carbocycles. The number of para-hydroxylation sites is 1. The number of amides is 1. The quantitative estimate of drug-likeness (QED) is 0.837. The molecule has 1 saturated heterocycles. The molecular formula is C24H38N2O3. The first-order valence-corrected chi connectivity index (χ1v) is 11.1. The van der Waals surface area contributed by atoms with Crippen molar-refractivity contribution in [2.75, 3.05) is 32.8 Å². The van der Waals surface area contributed by atoms with Gasteiger partial charge in [0.15, 0.2) is 0 Å². The lowest BCUT2D eigenvalue weighted by atomic mass is 9.71. The van der Waals surface area contributed by atoms with Crippen LogP contribution in [0.1, 0.15) is 53.4 Å². The summed E-state index contributed by atoms with van der Waals surface area (Å²) in [6.07, 6.45) is 4.80. The van der Waals surface area contributed by atoms with E-state index in [1.54, 1.807) is 11.8 Å². The van der Waals surface area contributed by atoms with E-state index in [9.17, 15) is 9.90 Å². The number of hydrogen-bond acceptors (Lipinski definition) is 4. The Balaban J connectivity index is 1.68. The summed E-state index contributed by atoms with van der Waals surface area (Å²) in [5.74, 6) is 1.53. The highest BCUT2D eigenvalue weighted by Crippen LogP contribution is 2.39. The second-order valence-corrected chi connectivity index (χ2v) is 10.1. The number of nitrogens with zero attached hydrogens (tertiary/aromatic N) is 2. The number of aliphatic hydroxyl groups is 1. The molecule has 0 unspecified atom stereocenters. The Morgan fingerprint density at radius 2 is 1.76 bits per heavy atom. The normalized spacial score (nSPS) is 29.3. The molecule has 29 heavy (non-hydrogen) atoms. The van der Waals surface area contributed by atoms with Crippen LogP contribution in [0.25, 0.3) is 0 Å². The van der Waals surface area contributed by atoms with Crippen LogP contribution in [0.15, 0.2) is 30.3 Å². The van der Waals surface area contributed by atoms with E-state index in [1.807, 2.05) is 30.3 Å². The monoisotopic (exact) mass is 402 g/mol. The molecule has 0 spiro atoms. The molecule has 1 heterocycles. The van der Waals surface area contributed by atoms with Crippen molar-refractivity contribution in [3.8, 4) is 5.75 Å². The molecule has 3 rings (SSSR count). The lowest BCUT2D eigenvalue weighted by Gasteiger charge is -2.42. The van der Waals surface area contributed by atoms with Crippen LogP contribution in [0.2, 0.25) is 0 Å². The molecule has 1 aromatic rings. The van der Waals surface area contributed by atoms with Gasteiger partial charge in [-0.25, -0.2) is 0 Å². The van der Waals surface area contributed by atoms with Crippen LogP contribution in [0.4, 0.5) is 0 Å². The second-order valence-electron chi connectivity index (χ2n) is 10.1. The Bertz CT molecular complexity index is 664. The zero-order valence-electron chi connectivity index (χ0n) is 18.6. The van der Waals surface area contributed by atoms with Crippen molar-refractivity contribution in [1.82, 2.24) is 9.80 Å². The van der Waals surface area contributed by atoms with Gasteiger partial charge in [0.1, 0.15) is 18.0 Å². The summed E-state index contributed by atoms with van der Waals surface area (Å²) in [5.41, 5.74) is -0.710. The van der Waals surface area contributed by atoms with Gasteiger partial charge < -0.3 is 14.7 Å². The molecule has 0 radical (unpaired) electrons. The van der Waals surface area contributed by atoms with E-state index in [0.29, 0.717) is 31.1 Å². The van der Waals surface area contributed by atoms with Gasteiger partial charge in [-0.2, -0.15) is 0 Å². The highest BCUT2D eigenvalue weighted by Gasteiger charge is 2.40. The van der Waals surface area contributed by atoms with Gasteiger partial charge in [-0.05, 0) is 49.1 Å². The van der Waals surface area contributed by atoms with E-state index in [0.717, 1.165) is 31.1 Å². The molecule has 2 fully saturated rings. The largest absolute Gasteiger partial charge is 0.490 e. The Hall–Kier alpha value is -1.59. The van der Waals surface area contributed by atoms with Gasteiger partial charge in [-0.15, -0.1) is 0 Å². The average Bonchev–Trinajstić information content (AvgIpc) is 2.87. The Morgan fingerprint density at radius 3 is 2.34 bits per heavy atom. The van der Waals surface area contributed by atoms with Crippen molar-refractivity contribution in [2.45, 2.75) is 65.0 Å². The van der Waals surface area contributed by atoms with Crippen molar-refractivity contribution >= 4 is 5.91 Å². The summed E-state index contributed by atoms with van der Waals surface area (Å²) in [6, 6.07) is 10.1. The van der Waals surface area contributed by atoms with Gasteiger partial charge in [0, 0.05) is 32.6 Å². The fourth-order valence-corrected chi connectivity index (χ4v) is 4.90. The number of ether oxygens (including phenoxy) is 1. The lowest BCUT2D eigenvalue weighted by molar-refractivity contribution is -0.132. The number of β-amino-alcohol motifs (C(OH)–C–C–N with tert-alkyl or cyclic N) is 1. The summed E-state index contributed by atoms with van der Waals surface area (Å²) >= 11 is 0. The maximum absolute atomic E-state index is 12.1. The van der Waals surface area contributed by atoms with E-state index in [2.05, 4.69) is 25.7 Å². The molecule has 0 aromatic heterocycles. The van der Waals surface area contributed by atoms with Crippen LogP contribution >= 0.6 is 0 Å². The maximum Gasteiger partial charge on any atom is 0.219 e. The van der Waals surface area contributed by atoms with Crippen LogP contribution < -0.4 is 4.74 Å². The highest BCUT2D eigenvalue weighted by atomic mass is 16.5. The summed E-state index contributed by atoms with van der Waals surface area (Å²) < 4.78 is 5.91. The first kappa shape index (κ1) is 22.1. The minimum absolute atomic E-state index is 0.0152. The number of rotatable bonds is 4. The van der Waals surface area contributed by atoms with E-state index in [-0.39, 0.29) is 12.5 Å². The number of carbonyl (C=O) groups excluding carboxylic acids is 1. The molecule has 2 aliphatic rings. The van der Waals surface area contributed by atoms with Crippen molar-refractivity contribution in [3.05, 3.63) is 30.3 Å². The molecule has 1 saturated carbocycles. The van der Waals surface area contributed by atoms with Crippen molar-refractivity contribution in [3.63, 3.8) is 0 Å². The molecule has 5 nitrogen and oxygen atoms in total. The topological polar surface area (TPSA) is 53.0 Å². The second kappa shape index (κ2) is 9.05. The molecule has 0 bridgehead atoms. The van der Waals surface area contributed by atoms with E-state index < -0.39 is 5.60 Å². The van der Waals surface area contributed by atoms with Crippen molar-refractivity contribution < 1.29 is 14.6 Å². The summed E-state index contributed by atoms with van der Waals surface area (Å²) in [4.78, 5) is 16.3. The van der Waals surface area contributed by atoms with Gasteiger partial charge in [0.25, 0.3) is 0 Å². The molecule has 1 amide bonds. The molecule has 1 aromatic carbocycles. The predicted octanol–water partition coefficient (Wildman–Crippen LogP) is 3.57. The van der Waals surface area contributed by atoms with Gasteiger partial charge in [0.05, 0.1) is 6.54 Å². The van der Waals surface area contributed by atoms with E-state index in [4.69, 9.17) is 4.74 Å². The van der Waals surface area contributed by atoms with E-state index in [1.165, 1.54) is 12.8 Å². The van der Waals surface area contributed by atoms with Crippen LogP contribution in [0.5, 0.6) is 5.75 Å². The minimum atomic E-state index is -1.07. The standard InChI is InChI=1S/C24H38N2O3/c1-19(27)25-14-15-26(21-12-10-20(11-13-21)23(2,3)4)17-24(28,16-25)18-29-22-8-6-5-7-9-22/h5-9,20-21,28H,10-18H2,1-4H3/t20?,21?,24-/m0/s1. The Labute approximate surface area is 176 Å². The zero-order valence-corrected chi connectivity index (χ0v) is 18.6.